The van der Waals surface area contributed by atoms with Gasteiger partial charge in [-0.25, -0.2) is 0 Å². The maximum Gasteiger partial charge on any atom is 0.198 e. The smallest absolute Gasteiger partial charge is 0.198 e. The number of amidine groups is 1. The number of thioether (sulfide) groups is 1. The van der Waals surface area contributed by atoms with Crippen LogP contribution >= 0.6 is 24.0 Å². The molecule has 0 amide bonds. The van der Waals surface area contributed by atoms with Gasteiger partial charge in [-0.15, -0.1) is 0 Å². The Hall–Kier alpha value is -1.31. The summed E-state index contributed by atoms with van der Waals surface area (Å²) in [6.45, 7) is 3.23. The van der Waals surface area contributed by atoms with Crippen molar-refractivity contribution >= 4 is 34.3 Å². The maximum absolute atomic E-state index is 5.44. The highest BCUT2D eigenvalue weighted by atomic mass is 32.2. The van der Waals surface area contributed by atoms with E-state index in [1.807, 2.05) is 24.1 Å². The first-order chi connectivity index (χ1) is 10.7. The van der Waals surface area contributed by atoms with Gasteiger partial charge in [0.25, 0.3) is 0 Å². The summed E-state index contributed by atoms with van der Waals surface area (Å²) in [5.41, 5.74) is 1.19. The van der Waals surface area contributed by atoms with Crippen molar-refractivity contribution in [2.45, 2.75) is 5.37 Å². The predicted octanol–water partition coefficient (Wildman–Crippen LogP) is 2.35. The van der Waals surface area contributed by atoms with Crippen molar-refractivity contribution in [2.75, 3.05) is 40.5 Å². The van der Waals surface area contributed by atoms with E-state index in [0.29, 0.717) is 5.11 Å². The van der Waals surface area contributed by atoms with E-state index in [-0.39, 0.29) is 5.37 Å². The van der Waals surface area contributed by atoms with Crippen LogP contribution in [0.1, 0.15) is 10.9 Å². The molecule has 2 aliphatic heterocycles. The van der Waals surface area contributed by atoms with Crippen molar-refractivity contribution in [1.82, 2.24) is 9.80 Å². The van der Waals surface area contributed by atoms with E-state index < -0.39 is 0 Å². The molecular formula is C15H19N3O2S2. The number of benzene rings is 1. The second kappa shape index (κ2) is 6.85. The van der Waals surface area contributed by atoms with Crippen molar-refractivity contribution in [3.8, 4) is 5.75 Å². The first-order valence-electron chi connectivity index (χ1n) is 7.18. The largest absolute Gasteiger partial charge is 0.497 e. The second-order valence-corrected chi connectivity index (χ2v) is 6.54. The highest BCUT2D eigenvalue weighted by Gasteiger charge is 2.30. The van der Waals surface area contributed by atoms with Gasteiger partial charge in [-0.3, -0.25) is 0 Å². The fraction of sp³-hybridized carbons (Fsp3) is 0.467. The van der Waals surface area contributed by atoms with E-state index in [0.717, 1.165) is 37.2 Å². The van der Waals surface area contributed by atoms with E-state index in [9.17, 15) is 0 Å². The molecule has 5 nitrogen and oxygen atoms in total. The number of rotatable bonds is 2. The molecule has 2 aliphatic rings. The van der Waals surface area contributed by atoms with Crippen LogP contribution in [-0.4, -0.2) is 60.5 Å². The van der Waals surface area contributed by atoms with Gasteiger partial charge in [0.2, 0.25) is 0 Å². The van der Waals surface area contributed by atoms with Crippen molar-refractivity contribution in [3.63, 3.8) is 0 Å². The molecule has 0 bridgehead atoms. The average Bonchev–Trinajstić information content (AvgIpc) is 2.58. The standard InChI is InChI=1S/C15H19N3O2S2/c1-17-13(11-3-5-12(19-2)6-4-11)22-15(16-14(17)21)18-7-9-20-10-8-18/h3-6,13H,7-10H2,1-2H3. The van der Waals surface area contributed by atoms with Gasteiger partial charge in [0.1, 0.15) is 11.1 Å². The van der Waals surface area contributed by atoms with E-state index in [1.165, 1.54) is 5.56 Å². The molecule has 1 unspecified atom stereocenters. The number of hydrogen-bond donors (Lipinski definition) is 0. The minimum absolute atomic E-state index is 0.133. The highest BCUT2D eigenvalue weighted by Crippen LogP contribution is 2.37. The zero-order valence-corrected chi connectivity index (χ0v) is 14.3. The molecule has 1 fully saturated rings. The third-order valence-corrected chi connectivity index (χ3v) is 5.50. The molecule has 1 aromatic rings. The number of morpholine rings is 1. The molecule has 0 radical (unpaired) electrons. The monoisotopic (exact) mass is 337 g/mol. The quantitative estimate of drug-likeness (QED) is 0.771. The summed E-state index contributed by atoms with van der Waals surface area (Å²) in [6.07, 6.45) is 0. The summed E-state index contributed by atoms with van der Waals surface area (Å²) in [6, 6.07) is 8.12. The Morgan fingerprint density at radius 1 is 1.27 bits per heavy atom. The van der Waals surface area contributed by atoms with Crippen LogP contribution in [0.15, 0.2) is 29.3 Å². The molecule has 0 N–H and O–H groups in total. The average molecular weight is 337 g/mol. The summed E-state index contributed by atoms with van der Waals surface area (Å²) in [7, 11) is 3.67. The van der Waals surface area contributed by atoms with Crippen molar-refractivity contribution in [2.24, 2.45) is 4.99 Å². The van der Waals surface area contributed by atoms with Crippen molar-refractivity contribution in [1.29, 1.82) is 0 Å². The number of aliphatic imine (C=N–C) groups is 1. The van der Waals surface area contributed by atoms with E-state index in [2.05, 4.69) is 22.0 Å². The Balaban J connectivity index is 1.81. The van der Waals surface area contributed by atoms with Gasteiger partial charge in [0, 0.05) is 20.1 Å². The van der Waals surface area contributed by atoms with Crippen LogP contribution in [-0.2, 0) is 4.74 Å². The number of hydrogen-bond acceptors (Lipinski definition) is 5. The van der Waals surface area contributed by atoms with E-state index in [1.54, 1.807) is 18.9 Å². The van der Waals surface area contributed by atoms with Crippen LogP contribution in [0.3, 0.4) is 0 Å². The first-order valence-corrected chi connectivity index (χ1v) is 8.46. The molecule has 1 saturated heterocycles. The summed E-state index contributed by atoms with van der Waals surface area (Å²) in [4.78, 5) is 8.87. The summed E-state index contributed by atoms with van der Waals surface area (Å²) in [5, 5.41) is 1.75. The SMILES string of the molecule is COc1ccc(C2SC(N3CCOCC3)=NC(=S)N2C)cc1. The van der Waals surface area contributed by atoms with Gasteiger partial charge in [0.15, 0.2) is 10.3 Å². The van der Waals surface area contributed by atoms with Crippen LogP contribution in [0.4, 0.5) is 0 Å². The Kier molecular flexibility index (Phi) is 4.85. The summed E-state index contributed by atoms with van der Waals surface area (Å²) < 4.78 is 10.6. The highest BCUT2D eigenvalue weighted by molar-refractivity contribution is 8.14. The molecule has 0 saturated carbocycles. The molecule has 22 heavy (non-hydrogen) atoms. The van der Waals surface area contributed by atoms with Gasteiger partial charge < -0.3 is 19.3 Å². The van der Waals surface area contributed by atoms with E-state index >= 15 is 0 Å². The van der Waals surface area contributed by atoms with Crippen LogP contribution in [0, 0.1) is 0 Å². The van der Waals surface area contributed by atoms with Crippen molar-refractivity contribution in [3.05, 3.63) is 29.8 Å². The molecule has 1 atom stereocenters. The lowest BCUT2D eigenvalue weighted by molar-refractivity contribution is 0.0693. The molecule has 0 spiro atoms. The number of ether oxygens (including phenoxy) is 2. The van der Waals surface area contributed by atoms with Gasteiger partial charge in [0.05, 0.1) is 20.3 Å². The molecular weight excluding hydrogens is 318 g/mol. The zero-order valence-electron chi connectivity index (χ0n) is 12.7. The van der Waals surface area contributed by atoms with Gasteiger partial charge >= 0.3 is 0 Å². The lowest BCUT2D eigenvalue weighted by atomic mass is 10.2. The van der Waals surface area contributed by atoms with Crippen LogP contribution in [0.25, 0.3) is 0 Å². The van der Waals surface area contributed by atoms with Gasteiger partial charge in [-0.2, -0.15) is 4.99 Å². The van der Waals surface area contributed by atoms with Crippen LogP contribution < -0.4 is 4.74 Å². The number of thiocarbonyl (C=S) groups is 1. The third kappa shape index (κ3) is 3.21. The number of methoxy groups -OCH3 is 1. The number of nitrogens with zero attached hydrogens (tertiary/aromatic N) is 3. The predicted molar refractivity (Wildman–Crippen MR) is 93.5 cm³/mol. The molecule has 118 valence electrons. The Morgan fingerprint density at radius 3 is 2.59 bits per heavy atom. The topological polar surface area (TPSA) is 37.3 Å². The summed E-state index contributed by atoms with van der Waals surface area (Å²) >= 11 is 7.18. The maximum atomic E-state index is 5.44. The van der Waals surface area contributed by atoms with Crippen LogP contribution in [0.2, 0.25) is 0 Å². The first kappa shape index (κ1) is 15.6. The molecule has 7 heteroatoms. The molecule has 2 heterocycles. The summed E-state index contributed by atoms with van der Waals surface area (Å²) in [5.74, 6) is 0.858. The minimum atomic E-state index is 0.133. The molecule has 0 aromatic heterocycles. The van der Waals surface area contributed by atoms with E-state index in [4.69, 9.17) is 21.7 Å². The lowest BCUT2D eigenvalue weighted by Crippen LogP contribution is -2.43. The normalized spacial score (nSPS) is 22.5. The molecule has 1 aromatic carbocycles. The Bertz CT molecular complexity index is 571. The van der Waals surface area contributed by atoms with Gasteiger partial charge in [-0.1, -0.05) is 23.9 Å². The van der Waals surface area contributed by atoms with Gasteiger partial charge in [-0.05, 0) is 29.9 Å². The minimum Gasteiger partial charge on any atom is -0.497 e. The zero-order chi connectivity index (χ0) is 15.5. The fourth-order valence-corrected chi connectivity index (χ4v) is 3.96. The fourth-order valence-electron chi connectivity index (χ4n) is 2.43. The lowest BCUT2D eigenvalue weighted by Gasteiger charge is -2.37. The molecule has 0 aliphatic carbocycles. The Labute approximate surface area is 140 Å². The van der Waals surface area contributed by atoms with Crippen LogP contribution in [0.5, 0.6) is 5.75 Å². The second-order valence-electron chi connectivity index (χ2n) is 5.13. The third-order valence-electron chi connectivity index (χ3n) is 3.74. The molecule has 3 rings (SSSR count). The Morgan fingerprint density at radius 2 is 1.95 bits per heavy atom. The van der Waals surface area contributed by atoms with Crippen molar-refractivity contribution < 1.29 is 9.47 Å².